The Kier molecular flexibility index (Phi) is 5.96. The quantitative estimate of drug-likeness (QED) is 0.573. The van der Waals surface area contributed by atoms with Gasteiger partial charge in [-0.25, -0.2) is 4.39 Å². The Balaban J connectivity index is 0.00000210. The van der Waals surface area contributed by atoms with Crippen molar-refractivity contribution in [3.8, 4) is 0 Å². The third kappa shape index (κ3) is 3.78. The molecule has 0 N–H and O–H groups in total. The molecule has 1 aromatic carbocycles. The van der Waals surface area contributed by atoms with Gasteiger partial charge in [0.15, 0.2) is 5.43 Å². The third-order valence-corrected chi connectivity index (χ3v) is 5.40. The maximum absolute atomic E-state index is 14.7. The molecule has 2 heterocycles. The molecular weight excluding hydrogens is 360 g/mol. The van der Waals surface area contributed by atoms with Gasteiger partial charge >= 0.3 is 29.6 Å². The summed E-state index contributed by atoms with van der Waals surface area (Å²) < 4.78 is 16.4. The number of likely N-dealkylation sites (N-methyl/N-ethyl adjacent to an activating group) is 1. The second-order valence-electron chi connectivity index (χ2n) is 7.02. The normalized spacial score (nSPS) is 17.8. The first-order valence-electron chi connectivity index (χ1n) is 9.07. The van der Waals surface area contributed by atoms with Gasteiger partial charge in [-0.1, -0.05) is 6.92 Å². The molecule has 138 valence electrons. The number of benzene rings is 1. The van der Waals surface area contributed by atoms with Gasteiger partial charge in [0, 0.05) is 43.7 Å². The fraction of sp³-hybridized carbons (Fsp3) is 0.474. The van der Waals surface area contributed by atoms with Crippen molar-refractivity contribution in [1.82, 2.24) is 9.47 Å². The first-order chi connectivity index (χ1) is 12.5. The SMILES string of the molecule is CCN1CCN(c2cc3c(cc2F)c(=O)cc(C(=O)[O-])n3C2CC2)CC1.[Na+]. The van der Waals surface area contributed by atoms with Crippen molar-refractivity contribution in [3.05, 3.63) is 39.9 Å². The number of carbonyl (C=O) groups is 1. The summed E-state index contributed by atoms with van der Waals surface area (Å²) in [5.41, 5.74) is 0.293. The minimum atomic E-state index is -1.38. The van der Waals surface area contributed by atoms with Crippen LogP contribution in [0, 0.1) is 5.82 Å². The van der Waals surface area contributed by atoms with Gasteiger partial charge in [0.25, 0.3) is 0 Å². The molecule has 0 unspecified atom stereocenters. The summed E-state index contributed by atoms with van der Waals surface area (Å²) in [6.45, 7) is 6.16. The second kappa shape index (κ2) is 7.91. The van der Waals surface area contributed by atoms with Gasteiger partial charge < -0.3 is 24.3 Å². The summed E-state index contributed by atoms with van der Waals surface area (Å²) in [6, 6.07) is 3.96. The molecule has 0 bridgehead atoms. The van der Waals surface area contributed by atoms with Crippen LogP contribution in [-0.4, -0.2) is 48.2 Å². The second-order valence-corrected chi connectivity index (χ2v) is 7.02. The van der Waals surface area contributed by atoms with Crippen molar-refractivity contribution in [1.29, 1.82) is 0 Å². The molecule has 6 nitrogen and oxygen atoms in total. The number of aromatic nitrogens is 1. The Labute approximate surface area is 178 Å². The fourth-order valence-electron chi connectivity index (χ4n) is 3.78. The van der Waals surface area contributed by atoms with Crippen LogP contribution in [0.4, 0.5) is 10.1 Å². The Morgan fingerprint density at radius 1 is 1.19 bits per heavy atom. The first kappa shape index (κ1) is 20.3. The molecule has 0 atom stereocenters. The van der Waals surface area contributed by atoms with Crippen LogP contribution in [0.3, 0.4) is 0 Å². The number of aromatic carboxylic acids is 1. The molecule has 0 spiro atoms. The molecule has 2 aromatic rings. The van der Waals surface area contributed by atoms with Crippen LogP contribution in [0.15, 0.2) is 23.0 Å². The standard InChI is InChI=1S/C19H22FN3O3.Na/c1-2-21-5-7-22(8-6-21)16-10-15-13(9-14(16)20)18(24)11-17(19(25)26)23(15)12-3-4-12;/h9-12H,2-8H2,1H3,(H,25,26);/q;+1/p-1. The van der Waals surface area contributed by atoms with E-state index in [0.29, 0.717) is 24.3 Å². The van der Waals surface area contributed by atoms with E-state index in [-0.39, 0.29) is 46.7 Å². The average Bonchev–Trinajstić information content (AvgIpc) is 3.46. The molecule has 1 saturated carbocycles. The minimum Gasteiger partial charge on any atom is -0.543 e. The number of anilines is 1. The van der Waals surface area contributed by atoms with Crippen molar-refractivity contribution < 1.29 is 43.8 Å². The molecule has 8 heteroatoms. The third-order valence-electron chi connectivity index (χ3n) is 5.40. The number of piperazine rings is 1. The predicted octanol–water partition coefficient (Wildman–Crippen LogP) is -2.02. The van der Waals surface area contributed by atoms with E-state index in [4.69, 9.17) is 0 Å². The van der Waals surface area contributed by atoms with Crippen LogP contribution >= 0.6 is 0 Å². The number of pyridine rings is 1. The van der Waals surface area contributed by atoms with Crippen molar-refractivity contribution in [3.63, 3.8) is 0 Å². The smallest absolute Gasteiger partial charge is 0.543 e. The monoisotopic (exact) mass is 381 g/mol. The number of hydrogen-bond donors (Lipinski definition) is 0. The van der Waals surface area contributed by atoms with E-state index in [2.05, 4.69) is 11.8 Å². The van der Waals surface area contributed by atoms with Gasteiger partial charge in [0.05, 0.1) is 22.9 Å². The van der Waals surface area contributed by atoms with Gasteiger partial charge in [-0.05, 0) is 31.5 Å². The van der Waals surface area contributed by atoms with Gasteiger partial charge in [-0.2, -0.15) is 0 Å². The molecule has 1 aromatic heterocycles. The van der Waals surface area contributed by atoms with Crippen LogP contribution in [0.5, 0.6) is 0 Å². The Morgan fingerprint density at radius 3 is 2.41 bits per heavy atom. The Bertz CT molecular complexity index is 934. The number of halogens is 1. The number of fused-ring (bicyclic) bond motifs is 1. The molecule has 27 heavy (non-hydrogen) atoms. The number of carboxylic acids is 1. The summed E-state index contributed by atoms with van der Waals surface area (Å²) >= 11 is 0. The van der Waals surface area contributed by atoms with Gasteiger partial charge in [-0.15, -0.1) is 0 Å². The van der Waals surface area contributed by atoms with Crippen LogP contribution in [-0.2, 0) is 0 Å². The zero-order valence-electron chi connectivity index (χ0n) is 15.7. The number of carbonyl (C=O) groups excluding carboxylic acids is 1. The fourth-order valence-corrected chi connectivity index (χ4v) is 3.78. The van der Waals surface area contributed by atoms with Gasteiger partial charge in [-0.3, -0.25) is 4.79 Å². The van der Waals surface area contributed by atoms with Crippen molar-refractivity contribution >= 4 is 22.6 Å². The summed E-state index contributed by atoms with van der Waals surface area (Å²) in [5, 5.41) is 11.7. The van der Waals surface area contributed by atoms with E-state index in [1.54, 1.807) is 10.6 Å². The molecule has 2 aliphatic rings. The van der Waals surface area contributed by atoms with Crippen molar-refractivity contribution in [2.24, 2.45) is 0 Å². The van der Waals surface area contributed by atoms with Gasteiger partial charge in [0.1, 0.15) is 5.82 Å². The molecule has 1 aliphatic heterocycles. The van der Waals surface area contributed by atoms with E-state index in [9.17, 15) is 19.1 Å². The Hall–Kier alpha value is -1.41. The van der Waals surface area contributed by atoms with Crippen LogP contribution in [0.25, 0.3) is 10.9 Å². The summed E-state index contributed by atoms with van der Waals surface area (Å²) in [4.78, 5) is 28.1. The zero-order chi connectivity index (χ0) is 18.4. The molecular formula is C19H21FN3NaO3. The van der Waals surface area contributed by atoms with Crippen molar-refractivity contribution in [2.45, 2.75) is 25.8 Å². The van der Waals surface area contributed by atoms with Crippen LogP contribution in [0.1, 0.15) is 36.3 Å². The summed E-state index contributed by atoms with van der Waals surface area (Å²) in [6.07, 6.45) is 1.69. The van der Waals surface area contributed by atoms with Crippen LogP contribution in [0.2, 0.25) is 0 Å². The van der Waals surface area contributed by atoms with E-state index >= 15 is 0 Å². The predicted molar refractivity (Wildman–Crippen MR) is 95.1 cm³/mol. The van der Waals surface area contributed by atoms with Crippen molar-refractivity contribution in [2.75, 3.05) is 37.6 Å². The zero-order valence-corrected chi connectivity index (χ0v) is 17.7. The van der Waals surface area contributed by atoms with E-state index < -0.39 is 17.2 Å². The summed E-state index contributed by atoms with van der Waals surface area (Å²) in [5.74, 6) is -1.82. The molecule has 2 fully saturated rings. The van der Waals surface area contributed by atoms with E-state index in [1.807, 2.05) is 4.90 Å². The molecule has 0 amide bonds. The maximum atomic E-state index is 14.7. The number of hydrogen-bond acceptors (Lipinski definition) is 5. The molecule has 0 radical (unpaired) electrons. The molecule has 1 aliphatic carbocycles. The molecule has 4 rings (SSSR count). The van der Waals surface area contributed by atoms with E-state index in [0.717, 1.165) is 38.5 Å². The number of nitrogens with zero attached hydrogens (tertiary/aromatic N) is 3. The topological polar surface area (TPSA) is 68.6 Å². The first-order valence-corrected chi connectivity index (χ1v) is 9.07. The average molecular weight is 381 g/mol. The largest absolute Gasteiger partial charge is 1.00 e. The number of carboxylic acid groups (broad SMARTS) is 1. The van der Waals surface area contributed by atoms with Crippen LogP contribution < -0.4 is 45.0 Å². The van der Waals surface area contributed by atoms with Gasteiger partial charge in [0.2, 0.25) is 0 Å². The minimum absolute atomic E-state index is 0. The van der Waals surface area contributed by atoms with E-state index in [1.165, 1.54) is 6.07 Å². The maximum Gasteiger partial charge on any atom is 1.00 e. The summed E-state index contributed by atoms with van der Waals surface area (Å²) in [7, 11) is 0. The molecule has 1 saturated heterocycles. The number of rotatable bonds is 4. The Morgan fingerprint density at radius 2 is 1.85 bits per heavy atom.